The fraction of sp³-hybridized carbons (Fsp3) is 0.485. The van der Waals surface area contributed by atoms with E-state index in [4.69, 9.17) is 19.2 Å². The molecule has 2 fully saturated rings. The number of ether oxygens (including phenoxy) is 3. The van der Waals surface area contributed by atoms with Crippen LogP contribution in [0.25, 0.3) is 28.1 Å². The molecule has 49 heavy (non-hydrogen) atoms. The number of halogens is 3. The molecule has 258 valence electrons. The topological polar surface area (TPSA) is 135 Å². The minimum Gasteiger partial charge on any atom is -0.480 e. The van der Waals surface area contributed by atoms with Gasteiger partial charge < -0.3 is 19.1 Å². The van der Waals surface area contributed by atoms with Crippen LogP contribution in [0.4, 0.5) is 18.0 Å². The Morgan fingerprint density at radius 3 is 2.51 bits per heavy atom. The van der Waals surface area contributed by atoms with Crippen LogP contribution >= 0.6 is 0 Å². The van der Waals surface area contributed by atoms with Gasteiger partial charge >= 0.3 is 12.3 Å². The van der Waals surface area contributed by atoms with E-state index >= 15 is 0 Å². The molecule has 0 aromatic carbocycles. The van der Waals surface area contributed by atoms with E-state index in [0.29, 0.717) is 47.5 Å². The minimum absolute atomic E-state index is 0.0374. The first-order valence-electron chi connectivity index (χ1n) is 16.1. The van der Waals surface area contributed by atoms with Crippen LogP contribution in [0.2, 0.25) is 0 Å². The minimum atomic E-state index is -4.66. The second-order valence-electron chi connectivity index (χ2n) is 13.6. The summed E-state index contributed by atoms with van der Waals surface area (Å²) >= 11 is 0. The van der Waals surface area contributed by atoms with Crippen molar-refractivity contribution in [2.24, 2.45) is 5.92 Å². The van der Waals surface area contributed by atoms with Crippen molar-refractivity contribution in [1.82, 2.24) is 44.4 Å². The molecule has 7 rings (SSSR count). The summed E-state index contributed by atoms with van der Waals surface area (Å²) in [6, 6.07) is 0.898. The van der Waals surface area contributed by atoms with Gasteiger partial charge in [0.2, 0.25) is 11.8 Å². The zero-order chi connectivity index (χ0) is 34.7. The maximum absolute atomic E-state index is 13.8. The van der Waals surface area contributed by atoms with Crippen LogP contribution in [0.5, 0.6) is 11.8 Å². The Balaban J connectivity index is 1.12. The molecular weight excluding hydrogens is 643 g/mol. The number of rotatable bonds is 8. The van der Waals surface area contributed by atoms with E-state index in [1.165, 1.54) is 15.9 Å². The molecule has 4 aromatic heterocycles. The van der Waals surface area contributed by atoms with E-state index in [1.54, 1.807) is 51.0 Å². The molecule has 0 spiro atoms. The van der Waals surface area contributed by atoms with E-state index < -0.39 is 29.7 Å². The molecule has 1 saturated heterocycles. The molecule has 1 unspecified atom stereocenters. The van der Waals surface area contributed by atoms with Crippen molar-refractivity contribution in [2.75, 3.05) is 20.2 Å². The highest BCUT2D eigenvalue weighted by molar-refractivity contribution is 5.77. The van der Waals surface area contributed by atoms with Crippen molar-refractivity contribution >= 4 is 22.8 Å². The Morgan fingerprint density at radius 1 is 1.06 bits per heavy atom. The first-order valence-corrected chi connectivity index (χ1v) is 16.1. The van der Waals surface area contributed by atoms with Gasteiger partial charge in [0.25, 0.3) is 0 Å². The summed E-state index contributed by atoms with van der Waals surface area (Å²) in [5.41, 5.74) is 2.00. The van der Waals surface area contributed by atoms with Crippen molar-refractivity contribution in [2.45, 2.75) is 77.3 Å². The highest BCUT2D eigenvalue weighted by atomic mass is 19.4. The lowest BCUT2D eigenvalue weighted by Gasteiger charge is -2.39. The van der Waals surface area contributed by atoms with Crippen LogP contribution < -0.4 is 9.47 Å². The molecule has 1 saturated carbocycles. The number of nitrogens with zero attached hydrogens (tertiary/aromatic N) is 9. The maximum atomic E-state index is 13.8. The zero-order valence-corrected chi connectivity index (χ0v) is 27.7. The second kappa shape index (κ2) is 12.1. The Morgan fingerprint density at radius 2 is 1.84 bits per heavy atom. The van der Waals surface area contributed by atoms with Gasteiger partial charge in [-0.2, -0.15) is 23.4 Å². The SMILES string of the molecule is COc1ncnc(C2CC2)c1-c1ncc2cnn(CC3=CC=C(n4nc(C(F)(F)F)cc4OC4CN(C(=O)OC(C)(C)C)C4)CC3C)c2n1. The van der Waals surface area contributed by atoms with E-state index in [9.17, 15) is 18.0 Å². The zero-order valence-electron chi connectivity index (χ0n) is 27.7. The number of aromatic nitrogens is 8. The summed E-state index contributed by atoms with van der Waals surface area (Å²) in [5.74, 6) is 1.08. The van der Waals surface area contributed by atoms with Gasteiger partial charge in [0, 0.05) is 23.9 Å². The number of methoxy groups -OCH3 is 1. The summed E-state index contributed by atoms with van der Waals surface area (Å²) in [4.78, 5) is 32.0. The molecule has 5 heterocycles. The van der Waals surface area contributed by atoms with Gasteiger partial charge in [-0.25, -0.2) is 34.1 Å². The molecule has 1 amide bonds. The molecule has 1 aliphatic heterocycles. The van der Waals surface area contributed by atoms with E-state index in [2.05, 4.69) is 25.1 Å². The smallest absolute Gasteiger partial charge is 0.435 e. The molecule has 4 aromatic rings. The number of hydrogen-bond acceptors (Lipinski definition) is 10. The first-order chi connectivity index (χ1) is 23.3. The van der Waals surface area contributed by atoms with Crippen LogP contribution in [-0.4, -0.2) is 82.4 Å². The normalized spacial score (nSPS) is 18.6. The maximum Gasteiger partial charge on any atom is 0.435 e. The van der Waals surface area contributed by atoms with Crippen molar-refractivity contribution in [3.05, 3.63) is 53.9 Å². The van der Waals surface area contributed by atoms with E-state index in [1.807, 2.05) is 13.0 Å². The summed E-state index contributed by atoms with van der Waals surface area (Å²) in [6.07, 6.45) is 5.35. The number of likely N-dealkylation sites (tertiary alicyclic amines) is 1. The molecule has 0 radical (unpaired) electrons. The lowest BCUT2D eigenvalue weighted by molar-refractivity contribution is -0.141. The third-order valence-corrected chi connectivity index (χ3v) is 8.60. The Labute approximate surface area is 279 Å². The third-order valence-electron chi connectivity index (χ3n) is 8.60. The fourth-order valence-electron chi connectivity index (χ4n) is 5.89. The Bertz CT molecular complexity index is 1970. The van der Waals surface area contributed by atoms with E-state index in [0.717, 1.165) is 35.6 Å². The van der Waals surface area contributed by atoms with Gasteiger partial charge in [0.1, 0.15) is 23.6 Å². The highest BCUT2D eigenvalue weighted by Gasteiger charge is 2.39. The first kappa shape index (κ1) is 32.5. The van der Waals surface area contributed by atoms with Gasteiger partial charge in [-0.3, -0.25) is 0 Å². The molecular formula is C33H36F3N9O4. The number of alkyl halides is 3. The number of hydrogen-bond donors (Lipinski definition) is 0. The number of carbonyl (C=O) groups excluding carboxylic acids is 1. The molecule has 1 atom stereocenters. The van der Waals surface area contributed by atoms with Crippen LogP contribution in [0.3, 0.4) is 0 Å². The number of fused-ring (bicyclic) bond motifs is 1. The predicted molar refractivity (Wildman–Crippen MR) is 170 cm³/mol. The Hall–Kier alpha value is -5.02. The molecule has 16 heteroatoms. The standard InChI is InChI=1S/C33H36F3N9O4/c1-18-10-22(45-25(11-24(42-45)33(34,35)36)48-23-15-43(16-23)31(46)49-32(2,3)4)9-8-20(18)14-44-29-21(13-40-44)12-37-28(41-29)26-27(19-6-7-19)38-17-39-30(26)47-5/h8-9,11-13,17-19,23H,6-7,10,14-16H2,1-5H3. The van der Waals surface area contributed by atoms with Gasteiger partial charge in [-0.1, -0.05) is 13.0 Å². The molecule has 3 aliphatic rings. The van der Waals surface area contributed by atoms with Gasteiger partial charge in [0.05, 0.1) is 44.0 Å². The molecule has 0 N–H and O–H groups in total. The van der Waals surface area contributed by atoms with Crippen molar-refractivity contribution in [1.29, 1.82) is 0 Å². The monoisotopic (exact) mass is 679 g/mol. The highest BCUT2D eigenvalue weighted by Crippen LogP contribution is 2.45. The van der Waals surface area contributed by atoms with Gasteiger partial charge in [0.15, 0.2) is 17.2 Å². The van der Waals surface area contributed by atoms with Crippen molar-refractivity contribution < 1.29 is 32.2 Å². The Kier molecular flexibility index (Phi) is 8.06. The van der Waals surface area contributed by atoms with Crippen LogP contribution in [0.15, 0.2) is 42.5 Å². The van der Waals surface area contributed by atoms with Crippen LogP contribution in [0, 0.1) is 5.92 Å². The van der Waals surface area contributed by atoms with Gasteiger partial charge in [-0.15, -0.1) is 0 Å². The average molecular weight is 680 g/mol. The summed E-state index contributed by atoms with van der Waals surface area (Å²) < 4.78 is 61.1. The number of allylic oxidation sites excluding steroid dienone is 4. The van der Waals surface area contributed by atoms with Crippen LogP contribution in [-0.2, 0) is 17.5 Å². The molecule has 0 bridgehead atoms. The third kappa shape index (κ3) is 6.68. The average Bonchev–Trinajstić information content (AvgIpc) is 3.65. The van der Waals surface area contributed by atoms with Gasteiger partial charge in [-0.05, 0) is 57.6 Å². The predicted octanol–water partition coefficient (Wildman–Crippen LogP) is 5.89. The summed E-state index contributed by atoms with van der Waals surface area (Å²) in [6.45, 7) is 8.07. The second-order valence-corrected chi connectivity index (χ2v) is 13.6. The largest absolute Gasteiger partial charge is 0.480 e. The molecule has 2 aliphatic carbocycles. The lowest BCUT2D eigenvalue weighted by atomic mass is 9.91. The van der Waals surface area contributed by atoms with E-state index in [-0.39, 0.29) is 24.9 Å². The summed E-state index contributed by atoms with van der Waals surface area (Å²) in [5, 5.41) is 9.21. The lowest BCUT2D eigenvalue weighted by Crippen LogP contribution is -2.57. The quantitative estimate of drug-likeness (QED) is 0.222. The van der Waals surface area contributed by atoms with Crippen molar-refractivity contribution in [3.8, 4) is 23.1 Å². The number of amides is 1. The van der Waals surface area contributed by atoms with Crippen LogP contribution in [0.1, 0.15) is 64.3 Å². The van der Waals surface area contributed by atoms with Crippen molar-refractivity contribution in [3.63, 3.8) is 0 Å². The fourth-order valence-corrected chi connectivity index (χ4v) is 5.89. The summed E-state index contributed by atoms with van der Waals surface area (Å²) in [7, 11) is 1.56. The molecule has 13 nitrogen and oxygen atoms in total. The number of carbonyl (C=O) groups is 1.